The molecule has 0 spiro atoms. The molecule has 0 bridgehead atoms. The van der Waals surface area contributed by atoms with E-state index < -0.39 is 0 Å². The normalized spacial score (nSPS) is 10.6. The first-order valence-corrected chi connectivity index (χ1v) is 8.21. The third kappa shape index (κ3) is 3.74. The van der Waals surface area contributed by atoms with Crippen LogP contribution in [-0.4, -0.2) is 19.0 Å². The van der Waals surface area contributed by atoms with Gasteiger partial charge in [-0.25, -0.2) is 5.48 Å². The molecule has 0 atom stereocenters. The molecule has 0 unspecified atom stereocenters. The van der Waals surface area contributed by atoms with Crippen LogP contribution in [0, 0.1) is 6.92 Å². The number of unbranched alkanes of at least 4 members (excludes halogenated alkanes) is 1. The summed E-state index contributed by atoms with van der Waals surface area (Å²) in [7, 11) is 0. The molecule has 128 valence electrons. The molecule has 24 heavy (non-hydrogen) atoms. The van der Waals surface area contributed by atoms with E-state index >= 15 is 0 Å². The predicted octanol–water partition coefficient (Wildman–Crippen LogP) is 3.66. The SMILES string of the molecule is CCCCc1c2ccc(C(=O)NOCC)ccc-2c(OC=O)c1C. The molecular formula is C19H23NO4. The van der Waals surface area contributed by atoms with Gasteiger partial charge in [0.1, 0.15) is 5.75 Å². The maximum Gasteiger partial charge on any atom is 0.298 e. The number of rotatable bonds is 8. The van der Waals surface area contributed by atoms with Crippen molar-refractivity contribution >= 4 is 12.4 Å². The molecule has 0 aliphatic heterocycles. The van der Waals surface area contributed by atoms with Crippen LogP contribution >= 0.6 is 0 Å². The zero-order valence-electron chi connectivity index (χ0n) is 14.3. The van der Waals surface area contributed by atoms with Crippen LogP contribution in [0.25, 0.3) is 11.1 Å². The maximum atomic E-state index is 12.1. The Hall–Kier alpha value is -2.40. The summed E-state index contributed by atoms with van der Waals surface area (Å²) < 4.78 is 5.21. The van der Waals surface area contributed by atoms with Crippen LogP contribution in [0.5, 0.6) is 5.75 Å². The molecule has 0 heterocycles. The van der Waals surface area contributed by atoms with E-state index in [1.54, 1.807) is 19.1 Å². The molecular weight excluding hydrogens is 306 g/mol. The van der Waals surface area contributed by atoms with E-state index in [9.17, 15) is 9.59 Å². The topological polar surface area (TPSA) is 64.6 Å². The molecule has 0 saturated heterocycles. The smallest absolute Gasteiger partial charge is 0.298 e. The number of nitrogens with one attached hydrogen (secondary N) is 1. The Balaban J connectivity index is 2.49. The molecule has 1 amide bonds. The number of fused-ring (bicyclic) bond motifs is 1. The largest absolute Gasteiger partial charge is 0.428 e. The number of ether oxygens (including phenoxy) is 1. The average Bonchev–Trinajstić information content (AvgIpc) is 2.73. The summed E-state index contributed by atoms with van der Waals surface area (Å²) >= 11 is 0. The Morgan fingerprint density at radius 1 is 1.17 bits per heavy atom. The van der Waals surface area contributed by atoms with Crippen molar-refractivity contribution in [1.29, 1.82) is 0 Å². The lowest BCUT2D eigenvalue weighted by Crippen LogP contribution is -2.23. The summed E-state index contributed by atoms with van der Waals surface area (Å²) in [5, 5.41) is 0. The fourth-order valence-electron chi connectivity index (χ4n) is 2.81. The number of amides is 1. The molecule has 2 rings (SSSR count). The highest BCUT2D eigenvalue weighted by Crippen LogP contribution is 2.42. The lowest BCUT2D eigenvalue weighted by molar-refractivity contribution is -0.120. The van der Waals surface area contributed by atoms with E-state index in [2.05, 4.69) is 12.4 Å². The number of hydrogen-bond donors (Lipinski definition) is 1. The number of carbonyl (C=O) groups is 2. The molecule has 2 aliphatic carbocycles. The third-order valence-electron chi connectivity index (χ3n) is 4.03. The third-order valence-corrected chi connectivity index (χ3v) is 4.03. The predicted molar refractivity (Wildman–Crippen MR) is 92.2 cm³/mol. The molecule has 5 heteroatoms. The number of carbonyl (C=O) groups excluding carboxylic acids is 2. The molecule has 0 radical (unpaired) electrons. The highest BCUT2D eigenvalue weighted by Gasteiger charge is 2.21. The average molecular weight is 329 g/mol. The molecule has 1 N–H and O–H groups in total. The monoisotopic (exact) mass is 329 g/mol. The Labute approximate surface area is 142 Å². The summed E-state index contributed by atoms with van der Waals surface area (Å²) in [5.74, 6) is 0.262. The van der Waals surface area contributed by atoms with Crippen molar-refractivity contribution in [1.82, 2.24) is 5.48 Å². The van der Waals surface area contributed by atoms with Gasteiger partial charge in [0.2, 0.25) is 0 Å². The molecule has 0 saturated carbocycles. The summed E-state index contributed by atoms with van der Waals surface area (Å²) in [4.78, 5) is 27.9. The minimum absolute atomic E-state index is 0.306. The van der Waals surface area contributed by atoms with Crippen LogP contribution in [0.15, 0.2) is 24.3 Å². The van der Waals surface area contributed by atoms with Crippen molar-refractivity contribution in [2.24, 2.45) is 0 Å². The van der Waals surface area contributed by atoms with E-state index in [1.807, 2.05) is 19.1 Å². The van der Waals surface area contributed by atoms with Gasteiger partial charge < -0.3 is 4.74 Å². The van der Waals surface area contributed by atoms with Crippen LogP contribution in [0.4, 0.5) is 0 Å². The number of hydroxylamine groups is 1. The van der Waals surface area contributed by atoms with E-state index in [0.29, 0.717) is 24.4 Å². The lowest BCUT2D eigenvalue weighted by atomic mass is 10.0. The molecule has 0 aromatic rings. The van der Waals surface area contributed by atoms with Gasteiger partial charge in [0.15, 0.2) is 0 Å². The van der Waals surface area contributed by atoms with Crippen molar-refractivity contribution in [3.63, 3.8) is 0 Å². The second-order valence-electron chi connectivity index (χ2n) is 5.56. The van der Waals surface area contributed by atoms with Gasteiger partial charge in [0.25, 0.3) is 12.4 Å². The van der Waals surface area contributed by atoms with Crippen LogP contribution in [0.2, 0.25) is 0 Å². The molecule has 5 nitrogen and oxygen atoms in total. The van der Waals surface area contributed by atoms with Crippen molar-refractivity contribution in [2.45, 2.75) is 40.0 Å². The molecule has 2 aliphatic rings. The van der Waals surface area contributed by atoms with E-state index in [0.717, 1.165) is 41.5 Å². The first kappa shape index (κ1) is 17.9. The van der Waals surface area contributed by atoms with Crippen molar-refractivity contribution in [2.75, 3.05) is 6.61 Å². The highest BCUT2D eigenvalue weighted by molar-refractivity contribution is 5.94. The van der Waals surface area contributed by atoms with Gasteiger partial charge in [-0.2, -0.15) is 0 Å². The van der Waals surface area contributed by atoms with Gasteiger partial charge in [0, 0.05) is 11.1 Å². The first-order chi connectivity index (χ1) is 11.6. The van der Waals surface area contributed by atoms with Gasteiger partial charge in [-0.3, -0.25) is 14.4 Å². The van der Waals surface area contributed by atoms with Gasteiger partial charge in [0.05, 0.1) is 6.61 Å². The lowest BCUT2D eigenvalue weighted by Gasteiger charge is -2.02. The quantitative estimate of drug-likeness (QED) is 0.593. The van der Waals surface area contributed by atoms with E-state index in [1.165, 1.54) is 0 Å². The fourth-order valence-corrected chi connectivity index (χ4v) is 2.81. The highest BCUT2D eigenvalue weighted by atomic mass is 16.6. The van der Waals surface area contributed by atoms with E-state index in [-0.39, 0.29) is 5.91 Å². The summed E-state index contributed by atoms with van der Waals surface area (Å²) in [6, 6.07) is 7.19. The van der Waals surface area contributed by atoms with Crippen LogP contribution < -0.4 is 10.2 Å². The van der Waals surface area contributed by atoms with Gasteiger partial charge in [-0.1, -0.05) is 19.4 Å². The van der Waals surface area contributed by atoms with Crippen molar-refractivity contribution in [3.05, 3.63) is 41.0 Å². The number of hydrogen-bond acceptors (Lipinski definition) is 4. The Morgan fingerprint density at radius 3 is 2.50 bits per heavy atom. The molecule has 0 aromatic heterocycles. The second kappa shape index (κ2) is 8.45. The Kier molecular flexibility index (Phi) is 6.32. The van der Waals surface area contributed by atoms with Gasteiger partial charge in [-0.05, 0) is 61.6 Å². The van der Waals surface area contributed by atoms with Crippen molar-refractivity contribution < 1.29 is 19.2 Å². The first-order valence-electron chi connectivity index (χ1n) is 8.21. The van der Waals surface area contributed by atoms with Gasteiger partial charge in [-0.15, -0.1) is 0 Å². The Morgan fingerprint density at radius 2 is 1.88 bits per heavy atom. The second-order valence-corrected chi connectivity index (χ2v) is 5.56. The zero-order chi connectivity index (χ0) is 17.5. The minimum atomic E-state index is -0.306. The van der Waals surface area contributed by atoms with Crippen LogP contribution in [0.3, 0.4) is 0 Å². The fraction of sp³-hybridized carbons (Fsp3) is 0.368. The molecule has 0 aromatic carbocycles. The van der Waals surface area contributed by atoms with Gasteiger partial charge >= 0.3 is 0 Å². The summed E-state index contributed by atoms with van der Waals surface area (Å²) in [6.45, 7) is 6.74. The molecule has 0 fully saturated rings. The summed E-state index contributed by atoms with van der Waals surface area (Å²) in [5.41, 5.74) is 6.85. The van der Waals surface area contributed by atoms with Crippen LogP contribution in [0.1, 0.15) is 48.2 Å². The van der Waals surface area contributed by atoms with Crippen molar-refractivity contribution in [3.8, 4) is 16.9 Å². The van der Waals surface area contributed by atoms with Crippen LogP contribution in [-0.2, 0) is 16.1 Å². The summed E-state index contributed by atoms with van der Waals surface area (Å²) in [6.07, 6.45) is 3.04. The standard InChI is InChI=1S/C19H23NO4/c1-4-6-7-15-13(3)18(23-12-21)17-11-9-14(8-10-16(15)17)19(22)20-24-5-2/h8-12H,4-7H2,1-3H3,(H,20,22). The minimum Gasteiger partial charge on any atom is -0.428 e. The van der Waals surface area contributed by atoms with E-state index in [4.69, 9.17) is 9.57 Å². The maximum absolute atomic E-state index is 12.1. The Bertz CT molecular complexity index is 696. The zero-order valence-corrected chi connectivity index (χ0v) is 14.3.